The Labute approximate surface area is 109 Å². The molecule has 92 valence electrons. The van der Waals surface area contributed by atoms with Crippen molar-refractivity contribution in [3.63, 3.8) is 0 Å². The highest BCUT2D eigenvalue weighted by Crippen LogP contribution is 2.30. The van der Waals surface area contributed by atoms with Crippen molar-refractivity contribution < 1.29 is 4.42 Å². The zero-order valence-corrected chi connectivity index (χ0v) is 10.5. The molecule has 0 bridgehead atoms. The van der Waals surface area contributed by atoms with E-state index in [-0.39, 0.29) is 6.04 Å². The van der Waals surface area contributed by atoms with E-state index >= 15 is 0 Å². The van der Waals surface area contributed by atoms with Gasteiger partial charge in [-0.1, -0.05) is 23.7 Å². The number of hydrogen-bond donors (Lipinski definition) is 2. The number of nitrogens with one attached hydrogen (secondary N) is 2. The number of aromatic nitrogens is 2. The van der Waals surface area contributed by atoms with Crippen LogP contribution in [-0.4, -0.2) is 17.0 Å². The summed E-state index contributed by atoms with van der Waals surface area (Å²) < 4.78 is 5.82. The number of fused-ring (bicyclic) bond motifs is 1. The third-order valence-corrected chi connectivity index (χ3v) is 3.18. The highest BCUT2D eigenvalue weighted by atomic mass is 35.5. The van der Waals surface area contributed by atoms with E-state index in [1.807, 2.05) is 31.3 Å². The number of hydrogen-bond acceptors (Lipinski definition) is 3. The van der Waals surface area contributed by atoms with Gasteiger partial charge in [-0.25, -0.2) is 4.98 Å². The molecule has 4 nitrogen and oxygen atoms in total. The van der Waals surface area contributed by atoms with Crippen LogP contribution in [0.2, 0.25) is 5.02 Å². The summed E-state index contributed by atoms with van der Waals surface area (Å²) in [6, 6.07) is 7.57. The lowest BCUT2D eigenvalue weighted by molar-refractivity contribution is 0.481. The first kappa shape index (κ1) is 11.3. The normalized spacial score (nSPS) is 13.0. The van der Waals surface area contributed by atoms with E-state index in [2.05, 4.69) is 15.3 Å². The second-order valence-electron chi connectivity index (χ2n) is 4.00. The summed E-state index contributed by atoms with van der Waals surface area (Å²) in [5, 5.41) is 4.78. The van der Waals surface area contributed by atoms with E-state index in [4.69, 9.17) is 16.0 Å². The van der Waals surface area contributed by atoms with Crippen molar-refractivity contribution in [3.8, 4) is 0 Å². The van der Waals surface area contributed by atoms with E-state index in [1.54, 1.807) is 12.4 Å². The van der Waals surface area contributed by atoms with E-state index in [9.17, 15) is 0 Å². The number of rotatable bonds is 3. The number of imidazole rings is 1. The lowest BCUT2D eigenvalue weighted by Gasteiger charge is -2.09. The second-order valence-corrected chi connectivity index (χ2v) is 4.41. The molecular weight excluding hydrogens is 250 g/mol. The van der Waals surface area contributed by atoms with Gasteiger partial charge < -0.3 is 14.7 Å². The maximum absolute atomic E-state index is 6.11. The summed E-state index contributed by atoms with van der Waals surface area (Å²) in [5.74, 6) is 1.60. The van der Waals surface area contributed by atoms with Gasteiger partial charge in [-0.05, 0) is 19.2 Å². The summed E-state index contributed by atoms with van der Waals surface area (Å²) in [6.07, 6.45) is 3.50. The lowest BCUT2D eigenvalue weighted by Crippen LogP contribution is -2.18. The Morgan fingerprint density at radius 3 is 3.00 bits per heavy atom. The first-order valence-corrected chi connectivity index (χ1v) is 6.02. The average Bonchev–Trinajstić information content (AvgIpc) is 3.00. The highest BCUT2D eigenvalue weighted by Gasteiger charge is 2.19. The van der Waals surface area contributed by atoms with Crippen molar-refractivity contribution in [1.82, 2.24) is 15.3 Å². The van der Waals surface area contributed by atoms with Crippen molar-refractivity contribution in [3.05, 3.63) is 53.3 Å². The summed E-state index contributed by atoms with van der Waals surface area (Å²) >= 11 is 6.11. The van der Waals surface area contributed by atoms with E-state index < -0.39 is 0 Å². The van der Waals surface area contributed by atoms with Gasteiger partial charge in [-0.3, -0.25) is 0 Å². The van der Waals surface area contributed by atoms with Crippen molar-refractivity contribution in [2.75, 3.05) is 7.05 Å². The summed E-state index contributed by atoms with van der Waals surface area (Å²) in [4.78, 5) is 7.32. The zero-order chi connectivity index (χ0) is 12.5. The van der Waals surface area contributed by atoms with E-state index in [0.717, 1.165) is 17.0 Å². The van der Waals surface area contributed by atoms with Crippen molar-refractivity contribution in [1.29, 1.82) is 0 Å². The Morgan fingerprint density at radius 1 is 1.44 bits per heavy atom. The quantitative estimate of drug-likeness (QED) is 0.762. The van der Waals surface area contributed by atoms with E-state index in [0.29, 0.717) is 10.6 Å². The van der Waals surface area contributed by atoms with E-state index in [1.165, 1.54) is 0 Å². The molecule has 1 atom stereocenters. The molecule has 2 heterocycles. The van der Waals surface area contributed by atoms with Gasteiger partial charge in [0.05, 0.1) is 5.02 Å². The Hall–Kier alpha value is -1.78. The van der Waals surface area contributed by atoms with Gasteiger partial charge in [0.25, 0.3) is 0 Å². The molecule has 18 heavy (non-hydrogen) atoms. The van der Waals surface area contributed by atoms with Crippen molar-refractivity contribution in [2.24, 2.45) is 0 Å². The van der Waals surface area contributed by atoms with Crippen LogP contribution in [-0.2, 0) is 0 Å². The molecular formula is C13H12ClN3O. The van der Waals surface area contributed by atoms with Crippen LogP contribution in [0, 0.1) is 0 Å². The summed E-state index contributed by atoms with van der Waals surface area (Å²) in [6.45, 7) is 0. The molecule has 5 heteroatoms. The molecule has 0 saturated carbocycles. The smallest absolute Gasteiger partial charge is 0.152 e. The molecule has 0 amide bonds. The molecule has 0 radical (unpaired) electrons. The molecule has 0 aliphatic rings. The van der Waals surface area contributed by atoms with Crippen LogP contribution in [0.25, 0.3) is 11.0 Å². The first-order valence-electron chi connectivity index (χ1n) is 5.64. The van der Waals surface area contributed by atoms with Gasteiger partial charge in [0.1, 0.15) is 17.6 Å². The van der Waals surface area contributed by atoms with Crippen LogP contribution < -0.4 is 5.32 Å². The molecule has 1 unspecified atom stereocenters. The maximum Gasteiger partial charge on any atom is 0.152 e. The molecule has 0 aliphatic heterocycles. The zero-order valence-electron chi connectivity index (χ0n) is 9.77. The number of halogens is 1. The minimum absolute atomic E-state index is 0.108. The Morgan fingerprint density at radius 2 is 2.33 bits per heavy atom. The SMILES string of the molecule is CNC(c1ncc[nH]1)c1cc2cccc(Cl)c2o1. The Balaban J connectivity index is 2.11. The average molecular weight is 262 g/mol. The second kappa shape index (κ2) is 4.48. The van der Waals surface area contributed by atoms with Gasteiger partial charge in [-0.15, -0.1) is 0 Å². The number of nitrogens with zero attached hydrogens (tertiary/aromatic N) is 1. The monoisotopic (exact) mass is 261 g/mol. The predicted octanol–water partition coefficient (Wildman–Crippen LogP) is 3.12. The third kappa shape index (κ3) is 1.79. The molecule has 3 aromatic rings. The number of para-hydroxylation sites is 1. The molecule has 0 fully saturated rings. The molecule has 0 aliphatic carbocycles. The molecule has 1 aromatic carbocycles. The van der Waals surface area contributed by atoms with Gasteiger partial charge in [0.2, 0.25) is 0 Å². The van der Waals surface area contributed by atoms with Crippen LogP contribution in [0.3, 0.4) is 0 Å². The molecule has 2 N–H and O–H groups in total. The maximum atomic E-state index is 6.11. The minimum Gasteiger partial charge on any atom is -0.457 e. The number of H-pyrrole nitrogens is 1. The summed E-state index contributed by atoms with van der Waals surface area (Å²) in [5.41, 5.74) is 0.709. The van der Waals surface area contributed by atoms with Gasteiger partial charge >= 0.3 is 0 Å². The van der Waals surface area contributed by atoms with Crippen LogP contribution in [0.15, 0.2) is 41.1 Å². The van der Waals surface area contributed by atoms with Gasteiger partial charge in [-0.2, -0.15) is 0 Å². The first-order chi connectivity index (χ1) is 8.79. The predicted molar refractivity (Wildman–Crippen MR) is 70.7 cm³/mol. The topological polar surface area (TPSA) is 53.9 Å². The Bertz CT molecular complexity index is 660. The van der Waals surface area contributed by atoms with Crippen molar-refractivity contribution >= 4 is 22.6 Å². The fourth-order valence-corrected chi connectivity index (χ4v) is 2.26. The fraction of sp³-hybridized carbons (Fsp3) is 0.154. The van der Waals surface area contributed by atoms with Gasteiger partial charge in [0.15, 0.2) is 5.58 Å². The number of furan rings is 1. The lowest BCUT2D eigenvalue weighted by atomic mass is 10.2. The van der Waals surface area contributed by atoms with Crippen LogP contribution in [0.5, 0.6) is 0 Å². The molecule has 3 rings (SSSR count). The molecule has 2 aromatic heterocycles. The number of aromatic amines is 1. The van der Waals surface area contributed by atoms with Crippen LogP contribution in [0.1, 0.15) is 17.6 Å². The molecule has 0 spiro atoms. The van der Waals surface area contributed by atoms with Crippen LogP contribution in [0.4, 0.5) is 0 Å². The number of benzene rings is 1. The molecule has 0 saturated heterocycles. The summed E-state index contributed by atoms with van der Waals surface area (Å²) in [7, 11) is 1.86. The minimum atomic E-state index is -0.108. The fourth-order valence-electron chi connectivity index (χ4n) is 2.04. The standard InChI is InChI=1S/C13H12ClN3O/c1-15-11(13-16-5-6-17-13)10-7-8-3-2-4-9(14)12(8)18-10/h2-7,11,15H,1H3,(H,16,17). The largest absolute Gasteiger partial charge is 0.457 e. The van der Waals surface area contributed by atoms with Gasteiger partial charge in [0, 0.05) is 17.8 Å². The van der Waals surface area contributed by atoms with Crippen molar-refractivity contribution in [2.45, 2.75) is 6.04 Å². The third-order valence-electron chi connectivity index (χ3n) is 2.88. The Kier molecular flexibility index (Phi) is 2.81. The van der Waals surface area contributed by atoms with Crippen LogP contribution >= 0.6 is 11.6 Å². The highest BCUT2D eigenvalue weighted by molar-refractivity contribution is 6.34.